The molecule has 4 rings (SSSR count). The number of nitrogens with one attached hydrogen (secondary N) is 1. The molecule has 1 aromatic carbocycles. The van der Waals surface area contributed by atoms with Gasteiger partial charge in [0.15, 0.2) is 0 Å². The van der Waals surface area contributed by atoms with Crippen LogP contribution in [0.1, 0.15) is 0 Å². The van der Waals surface area contributed by atoms with Gasteiger partial charge in [0.25, 0.3) is 0 Å². The summed E-state index contributed by atoms with van der Waals surface area (Å²) in [7, 11) is 1.47. The molecule has 0 aliphatic carbocycles. The number of halogens is 2. The summed E-state index contributed by atoms with van der Waals surface area (Å²) in [5.41, 5.74) is 7.08. The van der Waals surface area contributed by atoms with E-state index < -0.39 is 0 Å². The number of aromatic nitrogens is 5. The topological polar surface area (TPSA) is 104 Å². The van der Waals surface area contributed by atoms with Gasteiger partial charge in [-0.1, -0.05) is 29.3 Å². The summed E-state index contributed by atoms with van der Waals surface area (Å²) >= 11 is 12.6. The lowest BCUT2D eigenvalue weighted by Gasteiger charge is -2.07. The van der Waals surface area contributed by atoms with Crippen molar-refractivity contribution in [2.24, 2.45) is 0 Å². The lowest BCUT2D eigenvalue weighted by Crippen LogP contribution is -2.02. The molecule has 0 fully saturated rings. The predicted octanol–water partition coefficient (Wildman–Crippen LogP) is 3.85. The summed E-state index contributed by atoms with van der Waals surface area (Å²) in [5.74, 6) is 1.26. The number of rotatable bonds is 4. The molecule has 27 heavy (non-hydrogen) atoms. The van der Waals surface area contributed by atoms with Gasteiger partial charge in [-0.05, 0) is 18.2 Å². The molecule has 0 atom stereocenters. The first-order chi connectivity index (χ1) is 13.0. The lowest BCUT2D eigenvalue weighted by molar-refractivity contribution is 0.381. The zero-order valence-electron chi connectivity index (χ0n) is 14.0. The molecule has 3 N–H and O–H groups in total. The minimum absolute atomic E-state index is 0.156. The molecular weight excluding hydrogens is 389 g/mol. The average molecular weight is 402 g/mol. The number of para-hydroxylation sites is 1. The van der Waals surface area contributed by atoms with E-state index in [1.165, 1.54) is 7.11 Å². The largest absolute Gasteiger partial charge is 0.467 e. The van der Waals surface area contributed by atoms with Crippen LogP contribution in [0, 0.1) is 0 Å². The van der Waals surface area contributed by atoms with Crippen LogP contribution in [-0.2, 0) is 0 Å². The Morgan fingerprint density at radius 2 is 1.93 bits per heavy atom. The Hall–Kier alpha value is -3.10. The first kappa shape index (κ1) is 17.3. The van der Waals surface area contributed by atoms with Crippen molar-refractivity contribution in [1.82, 2.24) is 24.7 Å². The fourth-order valence-electron chi connectivity index (χ4n) is 2.59. The van der Waals surface area contributed by atoms with Crippen LogP contribution in [0.4, 0.5) is 17.5 Å². The first-order valence-electron chi connectivity index (χ1n) is 7.79. The SMILES string of the molecule is COc1nc(N)cc(Nc2nccc3nn(-c4c(Cl)cccc4Cl)cc23)n1. The van der Waals surface area contributed by atoms with Crippen molar-refractivity contribution in [3.05, 3.63) is 52.8 Å². The van der Waals surface area contributed by atoms with Crippen molar-refractivity contribution in [2.45, 2.75) is 0 Å². The minimum atomic E-state index is 0.156. The maximum Gasteiger partial charge on any atom is 0.320 e. The number of nitrogens with zero attached hydrogens (tertiary/aromatic N) is 5. The molecule has 0 saturated carbocycles. The Morgan fingerprint density at radius 3 is 2.67 bits per heavy atom. The predicted molar refractivity (Wildman–Crippen MR) is 105 cm³/mol. The second kappa shape index (κ2) is 6.90. The molecule has 3 heterocycles. The Balaban J connectivity index is 1.79. The number of hydrogen-bond donors (Lipinski definition) is 2. The molecule has 0 unspecified atom stereocenters. The molecule has 4 aromatic rings. The average Bonchev–Trinajstić information content (AvgIpc) is 3.06. The summed E-state index contributed by atoms with van der Waals surface area (Å²) in [6.07, 6.45) is 3.43. The summed E-state index contributed by atoms with van der Waals surface area (Å²) in [4.78, 5) is 12.5. The monoisotopic (exact) mass is 401 g/mol. The lowest BCUT2D eigenvalue weighted by atomic mass is 10.3. The first-order valence-corrected chi connectivity index (χ1v) is 8.55. The fourth-order valence-corrected chi connectivity index (χ4v) is 3.16. The standard InChI is InChI=1S/C17H13Cl2N7O/c1-27-17-22-13(20)7-14(24-17)23-16-9-8-26(25-12(9)5-6-21-16)15-10(18)3-2-4-11(15)19/h2-8H,1H3,(H3,20,21,22,23,24). The molecule has 136 valence electrons. The third kappa shape index (κ3) is 3.32. The highest BCUT2D eigenvalue weighted by Crippen LogP contribution is 2.31. The molecular formula is C17H13Cl2N7O. The summed E-state index contributed by atoms with van der Waals surface area (Å²) < 4.78 is 6.66. The van der Waals surface area contributed by atoms with Gasteiger partial charge in [-0.3, -0.25) is 0 Å². The summed E-state index contributed by atoms with van der Waals surface area (Å²) in [6, 6.07) is 8.81. The molecule has 0 radical (unpaired) electrons. The molecule has 0 bridgehead atoms. The van der Waals surface area contributed by atoms with E-state index in [4.69, 9.17) is 33.7 Å². The van der Waals surface area contributed by atoms with E-state index in [9.17, 15) is 0 Å². The van der Waals surface area contributed by atoms with Crippen molar-refractivity contribution in [1.29, 1.82) is 0 Å². The highest BCUT2D eigenvalue weighted by molar-refractivity contribution is 6.37. The number of ether oxygens (including phenoxy) is 1. The van der Waals surface area contributed by atoms with Gasteiger partial charge in [0, 0.05) is 18.5 Å². The number of methoxy groups -OCH3 is 1. The Bertz CT molecular complexity index is 1130. The maximum absolute atomic E-state index is 6.29. The van der Waals surface area contributed by atoms with Crippen LogP contribution in [0.25, 0.3) is 16.6 Å². The molecule has 3 aromatic heterocycles. The maximum atomic E-state index is 6.29. The van der Waals surface area contributed by atoms with Gasteiger partial charge in [0.1, 0.15) is 23.1 Å². The second-order valence-corrected chi connectivity index (χ2v) is 6.34. The fraction of sp³-hybridized carbons (Fsp3) is 0.0588. The summed E-state index contributed by atoms with van der Waals surface area (Å²) in [6.45, 7) is 0. The normalized spacial score (nSPS) is 10.9. The van der Waals surface area contributed by atoms with Crippen LogP contribution in [0.3, 0.4) is 0 Å². The summed E-state index contributed by atoms with van der Waals surface area (Å²) in [5, 5.41) is 9.40. The zero-order valence-corrected chi connectivity index (χ0v) is 15.5. The molecule has 0 spiro atoms. The second-order valence-electron chi connectivity index (χ2n) is 5.53. The van der Waals surface area contributed by atoms with E-state index in [0.717, 1.165) is 5.39 Å². The van der Waals surface area contributed by atoms with Crippen molar-refractivity contribution in [3.8, 4) is 11.7 Å². The van der Waals surface area contributed by atoms with Gasteiger partial charge in [0.2, 0.25) is 0 Å². The Morgan fingerprint density at radius 1 is 1.15 bits per heavy atom. The van der Waals surface area contributed by atoms with E-state index in [-0.39, 0.29) is 11.8 Å². The molecule has 10 heteroatoms. The highest BCUT2D eigenvalue weighted by atomic mass is 35.5. The quantitative estimate of drug-likeness (QED) is 0.534. The van der Waals surface area contributed by atoms with Crippen molar-refractivity contribution in [3.63, 3.8) is 0 Å². The number of hydrogen-bond acceptors (Lipinski definition) is 7. The Labute approximate surface area is 163 Å². The van der Waals surface area contributed by atoms with Crippen molar-refractivity contribution in [2.75, 3.05) is 18.2 Å². The minimum Gasteiger partial charge on any atom is -0.467 e. The molecule has 0 aliphatic rings. The van der Waals surface area contributed by atoms with E-state index >= 15 is 0 Å². The third-order valence-electron chi connectivity index (χ3n) is 3.76. The van der Waals surface area contributed by atoms with E-state index in [2.05, 4.69) is 25.4 Å². The van der Waals surface area contributed by atoms with Gasteiger partial charge >= 0.3 is 6.01 Å². The van der Waals surface area contributed by atoms with Crippen molar-refractivity contribution >= 4 is 51.6 Å². The van der Waals surface area contributed by atoms with Gasteiger partial charge in [-0.25, -0.2) is 9.67 Å². The highest BCUT2D eigenvalue weighted by Gasteiger charge is 2.14. The Kier molecular flexibility index (Phi) is 4.43. The van der Waals surface area contributed by atoms with Gasteiger partial charge in [-0.15, -0.1) is 0 Å². The number of nitrogens with two attached hydrogens (primary N) is 1. The third-order valence-corrected chi connectivity index (χ3v) is 4.37. The van der Waals surface area contributed by atoms with Gasteiger partial charge in [0.05, 0.1) is 28.1 Å². The van der Waals surface area contributed by atoms with Crippen LogP contribution in [0.5, 0.6) is 6.01 Å². The number of anilines is 3. The smallest absolute Gasteiger partial charge is 0.320 e. The van der Waals surface area contributed by atoms with Crippen LogP contribution in [0.15, 0.2) is 42.7 Å². The van der Waals surface area contributed by atoms with E-state index in [1.807, 2.05) is 0 Å². The van der Waals surface area contributed by atoms with Crippen LogP contribution >= 0.6 is 23.2 Å². The van der Waals surface area contributed by atoms with Crippen LogP contribution in [0.2, 0.25) is 10.0 Å². The molecule has 0 saturated heterocycles. The van der Waals surface area contributed by atoms with Gasteiger partial charge < -0.3 is 15.8 Å². The zero-order chi connectivity index (χ0) is 19.0. The number of benzene rings is 1. The van der Waals surface area contributed by atoms with Crippen LogP contribution in [-0.4, -0.2) is 31.8 Å². The van der Waals surface area contributed by atoms with Crippen molar-refractivity contribution < 1.29 is 4.74 Å². The number of nitrogen functional groups attached to an aromatic ring is 1. The number of fused-ring (bicyclic) bond motifs is 1. The number of pyridine rings is 1. The van der Waals surface area contributed by atoms with Gasteiger partial charge in [-0.2, -0.15) is 15.1 Å². The van der Waals surface area contributed by atoms with Crippen LogP contribution < -0.4 is 15.8 Å². The molecule has 8 nitrogen and oxygen atoms in total. The van der Waals surface area contributed by atoms with E-state index in [0.29, 0.717) is 32.9 Å². The molecule has 0 aliphatic heterocycles. The van der Waals surface area contributed by atoms with E-state index in [1.54, 1.807) is 47.4 Å². The molecule has 0 amide bonds.